The molecule has 24 heavy (non-hydrogen) atoms. The van der Waals surface area contributed by atoms with Gasteiger partial charge < -0.3 is 14.9 Å². The number of aliphatic hydroxyl groups excluding tert-OH is 1. The minimum Gasteiger partial charge on any atom is -0.386 e. The molecule has 0 aromatic carbocycles. The van der Waals surface area contributed by atoms with Crippen molar-refractivity contribution in [3.8, 4) is 0 Å². The molecule has 1 unspecified atom stereocenters. The molecular formula is C14H17BrN2O7. The Labute approximate surface area is 144 Å². The summed E-state index contributed by atoms with van der Waals surface area (Å²) in [6, 6.07) is 0. The third kappa shape index (κ3) is 3.14. The zero-order valence-corrected chi connectivity index (χ0v) is 14.6. The molecule has 2 rings (SSSR count). The molecule has 1 fully saturated rings. The summed E-state index contributed by atoms with van der Waals surface area (Å²) in [6.45, 7) is 2.28. The van der Waals surface area contributed by atoms with Crippen LogP contribution in [0.3, 0.4) is 0 Å². The van der Waals surface area contributed by atoms with Crippen LogP contribution in [0.25, 0.3) is 0 Å². The number of ether oxygens (including phenoxy) is 1. The van der Waals surface area contributed by atoms with Crippen LogP contribution >= 0.6 is 15.9 Å². The van der Waals surface area contributed by atoms with Crippen LogP contribution < -0.4 is 11.2 Å². The first-order valence-electron chi connectivity index (χ1n) is 7.12. The second kappa shape index (κ2) is 6.71. The molecule has 132 valence electrons. The lowest BCUT2D eigenvalue weighted by molar-refractivity contribution is -0.157. The molecule has 4 atom stereocenters. The van der Waals surface area contributed by atoms with Crippen molar-refractivity contribution in [2.75, 3.05) is 0 Å². The van der Waals surface area contributed by atoms with Crippen molar-refractivity contribution in [1.82, 2.24) is 9.55 Å². The number of alkyl halides is 1. The first-order valence-corrected chi connectivity index (χ1v) is 8.25. The number of hydrogen-bond donors (Lipinski definition) is 3. The number of rotatable bonds is 5. The molecule has 0 radical (unpaired) electrons. The van der Waals surface area contributed by atoms with E-state index in [2.05, 4.69) is 20.9 Å². The van der Waals surface area contributed by atoms with Gasteiger partial charge in [0.2, 0.25) is 0 Å². The number of aliphatic hydroxyl groups is 2. The lowest BCUT2D eigenvalue weighted by Gasteiger charge is -2.24. The molecule has 0 spiro atoms. The van der Waals surface area contributed by atoms with Gasteiger partial charge in [0, 0.05) is 23.5 Å². The summed E-state index contributed by atoms with van der Waals surface area (Å²) in [5, 5.41) is 20.2. The molecule has 0 saturated carbocycles. The van der Waals surface area contributed by atoms with E-state index in [0.717, 1.165) is 11.5 Å². The van der Waals surface area contributed by atoms with E-state index in [1.54, 1.807) is 0 Å². The van der Waals surface area contributed by atoms with Gasteiger partial charge in [-0.05, 0) is 13.8 Å². The average Bonchev–Trinajstić information content (AvgIpc) is 2.85. The maximum atomic E-state index is 12.1. The van der Waals surface area contributed by atoms with Crippen molar-refractivity contribution < 1.29 is 24.5 Å². The Bertz CT molecular complexity index is 784. The highest BCUT2D eigenvalue weighted by molar-refractivity contribution is 9.08. The highest BCUT2D eigenvalue weighted by atomic mass is 79.9. The van der Waals surface area contributed by atoms with Gasteiger partial charge in [-0.1, -0.05) is 15.9 Å². The molecule has 0 aliphatic carbocycles. The van der Waals surface area contributed by atoms with Gasteiger partial charge in [0.1, 0.15) is 12.3 Å². The Morgan fingerprint density at radius 1 is 1.54 bits per heavy atom. The molecule has 1 aromatic heterocycles. The largest absolute Gasteiger partial charge is 0.386 e. The van der Waals surface area contributed by atoms with Crippen molar-refractivity contribution in [3.05, 3.63) is 32.6 Å². The van der Waals surface area contributed by atoms with Crippen LogP contribution in [0.5, 0.6) is 0 Å². The number of Topliss-reactive ketones (excluding diaryl/α,β-unsaturated/α-hetero) is 2. The summed E-state index contributed by atoms with van der Waals surface area (Å²) in [4.78, 5) is 49.6. The van der Waals surface area contributed by atoms with Crippen molar-refractivity contribution in [1.29, 1.82) is 0 Å². The van der Waals surface area contributed by atoms with E-state index in [0.29, 0.717) is 0 Å². The first-order chi connectivity index (χ1) is 11.1. The van der Waals surface area contributed by atoms with Gasteiger partial charge in [0.05, 0.1) is 0 Å². The lowest BCUT2D eigenvalue weighted by atomic mass is 9.87. The fraction of sp³-hybridized carbons (Fsp3) is 0.571. The van der Waals surface area contributed by atoms with Gasteiger partial charge in [0.15, 0.2) is 23.3 Å². The number of aromatic amines is 1. The number of halogens is 1. The molecule has 9 nitrogen and oxygen atoms in total. The summed E-state index contributed by atoms with van der Waals surface area (Å²) in [6.07, 6.45) is -3.33. The topological polar surface area (TPSA) is 139 Å². The molecule has 1 aliphatic rings. The SMILES string of the molecule is CC(=O)[C@]1(O)C[C@H](n2cc(CBr)c(=O)[nH]c2=O)O[C@@H]1C(=O)C(C)O. The second-order valence-corrected chi connectivity index (χ2v) is 6.25. The van der Waals surface area contributed by atoms with Crippen LogP contribution in [0, 0.1) is 0 Å². The number of H-pyrrole nitrogens is 1. The molecule has 0 bridgehead atoms. The Hall–Kier alpha value is -1.62. The predicted molar refractivity (Wildman–Crippen MR) is 84.8 cm³/mol. The smallest absolute Gasteiger partial charge is 0.330 e. The van der Waals surface area contributed by atoms with Gasteiger partial charge in [0.25, 0.3) is 5.56 Å². The van der Waals surface area contributed by atoms with Crippen molar-refractivity contribution in [3.63, 3.8) is 0 Å². The van der Waals surface area contributed by atoms with Gasteiger partial charge in [-0.15, -0.1) is 0 Å². The van der Waals surface area contributed by atoms with Crippen LogP contribution in [-0.4, -0.2) is 49.1 Å². The highest BCUT2D eigenvalue weighted by Crippen LogP contribution is 2.37. The summed E-state index contributed by atoms with van der Waals surface area (Å²) in [7, 11) is 0. The highest BCUT2D eigenvalue weighted by Gasteiger charge is 2.55. The van der Waals surface area contributed by atoms with Crippen molar-refractivity contribution >= 4 is 27.5 Å². The monoisotopic (exact) mass is 404 g/mol. The van der Waals surface area contributed by atoms with E-state index < -0.39 is 46.9 Å². The standard InChI is InChI=1S/C14H17BrN2O7/c1-6(18)10(20)11-14(23,7(2)19)3-9(24-11)17-5-8(4-15)12(21)16-13(17)22/h5-6,9,11,18,23H,3-4H2,1-2H3,(H,16,21,22)/t6?,9-,11-,14-/m1/s1. The fourth-order valence-corrected chi connectivity index (χ4v) is 2.94. The van der Waals surface area contributed by atoms with Crippen LogP contribution in [0.1, 0.15) is 32.1 Å². The number of aromatic nitrogens is 2. The molecule has 0 amide bonds. The zero-order valence-electron chi connectivity index (χ0n) is 13.0. The van der Waals surface area contributed by atoms with Crippen LogP contribution in [0.4, 0.5) is 0 Å². The second-order valence-electron chi connectivity index (χ2n) is 5.69. The number of hydrogen-bond acceptors (Lipinski definition) is 7. The average molecular weight is 405 g/mol. The van der Waals surface area contributed by atoms with Gasteiger partial charge >= 0.3 is 5.69 Å². The van der Waals surface area contributed by atoms with E-state index >= 15 is 0 Å². The van der Waals surface area contributed by atoms with E-state index in [4.69, 9.17) is 4.74 Å². The number of nitrogens with one attached hydrogen (secondary N) is 1. The summed E-state index contributed by atoms with van der Waals surface area (Å²) >= 11 is 3.11. The Kier molecular flexibility index (Phi) is 5.23. The molecule has 1 aliphatic heterocycles. The van der Waals surface area contributed by atoms with Gasteiger partial charge in [-0.2, -0.15) is 0 Å². The summed E-state index contributed by atoms with van der Waals surface area (Å²) in [5.74, 6) is -1.59. The van der Waals surface area contributed by atoms with Crippen LogP contribution in [0.15, 0.2) is 15.8 Å². The molecule has 1 saturated heterocycles. The first kappa shape index (κ1) is 18.7. The maximum Gasteiger partial charge on any atom is 0.330 e. The molecule has 2 heterocycles. The number of nitrogens with zero attached hydrogens (tertiary/aromatic N) is 1. The Morgan fingerprint density at radius 3 is 2.67 bits per heavy atom. The lowest BCUT2D eigenvalue weighted by Crippen LogP contribution is -2.51. The van der Waals surface area contributed by atoms with Crippen molar-refractivity contribution in [2.24, 2.45) is 0 Å². The third-order valence-corrected chi connectivity index (χ3v) is 4.59. The van der Waals surface area contributed by atoms with E-state index in [1.165, 1.54) is 13.1 Å². The minimum atomic E-state index is -2.16. The minimum absolute atomic E-state index is 0.169. The van der Waals surface area contributed by atoms with Gasteiger partial charge in [-0.3, -0.25) is 23.9 Å². The maximum absolute atomic E-state index is 12.1. The normalized spacial score (nSPS) is 27.9. The van der Waals surface area contributed by atoms with E-state index in [9.17, 15) is 29.4 Å². The fourth-order valence-electron chi connectivity index (χ4n) is 2.54. The Balaban J connectivity index is 2.48. The number of carbonyl (C=O) groups excluding carboxylic acids is 2. The third-order valence-electron chi connectivity index (χ3n) is 3.99. The van der Waals surface area contributed by atoms with Crippen LogP contribution in [-0.2, 0) is 19.7 Å². The Morgan fingerprint density at radius 2 is 2.17 bits per heavy atom. The van der Waals surface area contributed by atoms with Crippen LogP contribution in [0.2, 0.25) is 0 Å². The predicted octanol–water partition coefficient (Wildman–Crippen LogP) is -1.01. The molecular weight excluding hydrogens is 388 g/mol. The zero-order chi connectivity index (χ0) is 18.2. The number of ketones is 2. The molecule has 3 N–H and O–H groups in total. The van der Waals surface area contributed by atoms with E-state index in [1.807, 2.05) is 0 Å². The van der Waals surface area contributed by atoms with Crippen molar-refractivity contribution in [2.45, 2.75) is 49.6 Å². The summed E-state index contributed by atoms with van der Waals surface area (Å²) in [5.41, 5.74) is -3.31. The molecule has 1 aromatic rings. The number of carbonyl (C=O) groups is 2. The van der Waals surface area contributed by atoms with Gasteiger partial charge in [-0.25, -0.2) is 4.79 Å². The van der Waals surface area contributed by atoms with E-state index in [-0.39, 0.29) is 17.3 Å². The molecule has 10 heteroatoms. The summed E-state index contributed by atoms with van der Waals surface area (Å²) < 4.78 is 6.41. The quantitative estimate of drug-likeness (QED) is 0.534.